The molecule has 31 heavy (non-hydrogen) atoms. The van der Waals surface area contributed by atoms with Crippen molar-refractivity contribution in [1.82, 2.24) is 9.97 Å². The zero-order valence-electron chi connectivity index (χ0n) is 18.3. The number of aryl methyl sites for hydroxylation is 1. The third kappa shape index (κ3) is 5.08. The number of anilines is 1. The first-order valence-electron chi connectivity index (χ1n) is 10.8. The van der Waals surface area contributed by atoms with Crippen molar-refractivity contribution in [2.75, 3.05) is 4.90 Å². The Bertz CT molecular complexity index is 1040. The summed E-state index contributed by atoms with van der Waals surface area (Å²) in [4.78, 5) is 24.7. The second-order valence-corrected chi connectivity index (χ2v) is 8.91. The van der Waals surface area contributed by atoms with Gasteiger partial charge >= 0.3 is 0 Å². The van der Waals surface area contributed by atoms with Crippen LogP contribution in [0.2, 0.25) is 0 Å². The van der Waals surface area contributed by atoms with E-state index in [2.05, 4.69) is 23.5 Å². The van der Waals surface area contributed by atoms with Gasteiger partial charge in [0.1, 0.15) is 5.82 Å². The van der Waals surface area contributed by atoms with Crippen molar-refractivity contribution in [1.29, 1.82) is 0 Å². The molecule has 4 heteroatoms. The Labute approximate surface area is 184 Å². The molecule has 4 rings (SSSR count). The van der Waals surface area contributed by atoms with E-state index in [-0.39, 0.29) is 11.3 Å². The SMILES string of the molecule is C=C(CC1(C)CC1)C(C(=O)N(Cc1ccc(C)nc1)c1ccccn1)c1ccccc1. The standard InChI is InChI=1S/C27H29N3O/c1-20(17-27(3)14-15-27)25(23-9-5-4-6-10-23)26(31)30(24-11-7-8-16-28-24)19-22-13-12-21(2)29-18-22/h4-13,16,18,25H,1,14-15,17,19H2,2-3H3. The van der Waals surface area contributed by atoms with E-state index < -0.39 is 5.92 Å². The van der Waals surface area contributed by atoms with Gasteiger partial charge in [0.2, 0.25) is 5.91 Å². The monoisotopic (exact) mass is 411 g/mol. The summed E-state index contributed by atoms with van der Waals surface area (Å²) >= 11 is 0. The van der Waals surface area contributed by atoms with Crippen molar-refractivity contribution in [2.45, 2.75) is 45.6 Å². The first-order valence-corrected chi connectivity index (χ1v) is 10.8. The summed E-state index contributed by atoms with van der Waals surface area (Å²) in [7, 11) is 0. The predicted molar refractivity (Wildman–Crippen MR) is 125 cm³/mol. The number of hydrogen-bond acceptors (Lipinski definition) is 3. The van der Waals surface area contributed by atoms with Gasteiger partial charge in [-0.25, -0.2) is 4.98 Å². The van der Waals surface area contributed by atoms with Gasteiger partial charge in [0.05, 0.1) is 12.5 Å². The van der Waals surface area contributed by atoms with Crippen molar-refractivity contribution in [2.24, 2.45) is 5.41 Å². The van der Waals surface area contributed by atoms with Crippen molar-refractivity contribution in [3.63, 3.8) is 0 Å². The van der Waals surface area contributed by atoms with Gasteiger partial charge in [-0.05, 0) is 60.9 Å². The van der Waals surface area contributed by atoms with Crippen LogP contribution < -0.4 is 4.90 Å². The minimum atomic E-state index is -0.404. The molecule has 2 aromatic heterocycles. The molecule has 1 aromatic carbocycles. The Kier molecular flexibility index (Phi) is 5.99. The molecule has 1 fully saturated rings. The molecule has 2 heterocycles. The molecule has 0 N–H and O–H groups in total. The van der Waals surface area contributed by atoms with E-state index in [0.29, 0.717) is 12.4 Å². The number of amides is 1. The van der Waals surface area contributed by atoms with Gasteiger partial charge in [-0.1, -0.05) is 61.5 Å². The summed E-state index contributed by atoms with van der Waals surface area (Å²) < 4.78 is 0. The van der Waals surface area contributed by atoms with Crippen LogP contribution in [0.25, 0.3) is 0 Å². The molecule has 0 saturated heterocycles. The second kappa shape index (κ2) is 8.84. The van der Waals surface area contributed by atoms with Crippen LogP contribution in [0.1, 0.15) is 48.9 Å². The minimum Gasteiger partial charge on any atom is -0.291 e. The van der Waals surface area contributed by atoms with E-state index in [1.807, 2.05) is 73.8 Å². The van der Waals surface area contributed by atoms with E-state index in [0.717, 1.165) is 28.8 Å². The second-order valence-electron chi connectivity index (χ2n) is 8.91. The first-order chi connectivity index (χ1) is 15.0. The maximum absolute atomic E-state index is 14.1. The summed E-state index contributed by atoms with van der Waals surface area (Å²) in [5.41, 5.74) is 4.15. The molecule has 0 radical (unpaired) electrons. The molecule has 0 aliphatic heterocycles. The van der Waals surface area contributed by atoms with Crippen LogP contribution in [-0.2, 0) is 11.3 Å². The zero-order chi connectivity index (χ0) is 21.8. The Hall–Kier alpha value is -3.27. The molecule has 0 bridgehead atoms. The number of nitrogens with zero attached hydrogens (tertiary/aromatic N) is 3. The Morgan fingerprint density at radius 3 is 2.42 bits per heavy atom. The lowest BCUT2D eigenvalue weighted by Crippen LogP contribution is -2.36. The summed E-state index contributed by atoms with van der Waals surface area (Å²) in [5.74, 6) is 0.234. The van der Waals surface area contributed by atoms with Crippen LogP contribution in [0.15, 0.2) is 85.2 Å². The van der Waals surface area contributed by atoms with Crippen molar-refractivity contribution in [3.8, 4) is 0 Å². The number of pyridine rings is 2. The molecule has 3 aromatic rings. The fourth-order valence-corrected chi connectivity index (χ4v) is 3.95. The first kappa shape index (κ1) is 21.0. The molecular weight excluding hydrogens is 382 g/mol. The average molecular weight is 412 g/mol. The molecule has 1 atom stereocenters. The third-order valence-corrected chi connectivity index (χ3v) is 6.05. The van der Waals surface area contributed by atoms with Crippen LogP contribution in [0.5, 0.6) is 0 Å². The number of benzene rings is 1. The van der Waals surface area contributed by atoms with Crippen LogP contribution in [0, 0.1) is 12.3 Å². The number of rotatable bonds is 8. The van der Waals surface area contributed by atoms with Gasteiger partial charge in [-0.2, -0.15) is 0 Å². The predicted octanol–water partition coefficient (Wildman–Crippen LogP) is 5.85. The molecule has 1 saturated carbocycles. The van der Waals surface area contributed by atoms with E-state index >= 15 is 0 Å². The topological polar surface area (TPSA) is 46.1 Å². The number of carbonyl (C=O) groups is 1. The fourth-order valence-electron chi connectivity index (χ4n) is 3.95. The van der Waals surface area contributed by atoms with Gasteiger partial charge in [0, 0.05) is 18.1 Å². The summed E-state index contributed by atoms with van der Waals surface area (Å²) in [6.45, 7) is 9.04. The summed E-state index contributed by atoms with van der Waals surface area (Å²) in [5, 5.41) is 0. The highest BCUT2D eigenvalue weighted by Gasteiger charge is 2.40. The van der Waals surface area contributed by atoms with Crippen molar-refractivity contribution in [3.05, 3.63) is 102 Å². The Balaban J connectivity index is 1.70. The lowest BCUT2D eigenvalue weighted by molar-refractivity contribution is -0.119. The highest BCUT2D eigenvalue weighted by atomic mass is 16.2. The molecule has 1 aliphatic carbocycles. The van der Waals surface area contributed by atoms with Gasteiger partial charge in [0.15, 0.2) is 0 Å². The van der Waals surface area contributed by atoms with E-state index in [9.17, 15) is 4.79 Å². The smallest absolute Gasteiger partial charge is 0.240 e. The van der Waals surface area contributed by atoms with Gasteiger partial charge in [-0.15, -0.1) is 0 Å². The maximum Gasteiger partial charge on any atom is 0.240 e. The van der Waals surface area contributed by atoms with Crippen LogP contribution in [0.4, 0.5) is 5.82 Å². The molecule has 0 spiro atoms. The van der Waals surface area contributed by atoms with Crippen LogP contribution in [-0.4, -0.2) is 15.9 Å². The highest BCUT2D eigenvalue weighted by molar-refractivity contribution is 5.99. The zero-order valence-corrected chi connectivity index (χ0v) is 18.3. The average Bonchev–Trinajstić information content (AvgIpc) is 3.51. The minimum absolute atomic E-state index is 0.000255. The van der Waals surface area contributed by atoms with Crippen molar-refractivity contribution >= 4 is 11.7 Å². The Morgan fingerprint density at radius 2 is 1.81 bits per heavy atom. The summed E-state index contributed by atoms with van der Waals surface area (Å²) in [6, 6.07) is 19.6. The molecule has 4 nitrogen and oxygen atoms in total. The third-order valence-electron chi connectivity index (χ3n) is 6.05. The Morgan fingerprint density at radius 1 is 1.06 bits per heavy atom. The molecular formula is C27H29N3O. The molecule has 158 valence electrons. The number of aromatic nitrogens is 2. The number of carbonyl (C=O) groups excluding carboxylic acids is 1. The quantitative estimate of drug-likeness (QED) is 0.437. The molecule has 1 unspecified atom stereocenters. The van der Waals surface area contributed by atoms with Crippen LogP contribution in [0.3, 0.4) is 0 Å². The number of hydrogen-bond donors (Lipinski definition) is 0. The van der Waals surface area contributed by atoms with Gasteiger partial charge in [0.25, 0.3) is 0 Å². The maximum atomic E-state index is 14.1. The largest absolute Gasteiger partial charge is 0.291 e. The molecule has 1 amide bonds. The van der Waals surface area contributed by atoms with Crippen molar-refractivity contribution < 1.29 is 4.79 Å². The van der Waals surface area contributed by atoms with E-state index in [4.69, 9.17) is 0 Å². The van der Waals surface area contributed by atoms with Crippen LogP contribution >= 0.6 is 0 Å². The highest BCUT2D eigenvalue weighted by Crippen LogP contribution is 2.51. The van der Waals surface area contributed by atoms with E-state index in [1.165, 1.54) is 12.8 Å². The fraction of sp³-hybridized carbons (Fsp3) is 0.296. The lowest BCUT2D eigenvalue weighted by Gasteiger charge is -2.29. The van der Waals surface area contributed by atoms with Gasteiger partial charge in [-0.3, -0.25) is 14.7 Å². The summed E-state index contributed by atoms with van der Waals surface area (Å²) in [6.07, 6.45) is 6.80. The van der Waals surface area contributed by atoms with E-state index in [1.54, 1.807) is 11.1 Å². The lowest BCUT2D eigenvalue weighted by atomic mass is 9.84. The normalized spacial score (nSPS) is 15.2. The van der Waals surface area contributed by atoms with Gasteiger partial charge < -0.3 is 0 Å². The molecule has 1 aliphatic rings.